The molecule has 0 aromatic heterocycles. The minimum absolute atomic E-state index is 0.699. The van der Waals surface area contributed by atoms with E-state index in [-0.39, 0.29) is 0 Å². The lowest BCUT2D eigenvalue weighted by molar-refractivity contribution is 0.0438. The SMILES string of the molecule is CCCOCCN1CC(C2CC2)NCC1C(C)CC. The minimum atomic E-state index is 0.699. The first-order valence-corrected chi connectivity index (χ1v) is 8.31. The number of rotatable bonds is 8. The molecule has 2 aliphatic rings. The van der Waals surface area contributed by atoms with Crippen molar-refractivity contribution in [2.45, 2.75) is 58.5 Å². The molecule has 0 bridgehead atoms. The summed E-state index contributed by atoms with van der Waals surface area (Å²) in [5.74, 6) is 1.73. The lowest BCUT2D eigenvalue weighted by Crippen LogP contribution is -2.59. The van der Waals surface area contributed by atoms with Crippen LogP contribution in [0, 0.1) is 11.8 Å². The van der Waals surface area contributed by atoms with E-state index in [2.05, 4.69) is 31.0 Å². The van der Waals surface area contributed by atoms with Gasteiger partial charge >= 0.3 is 0 Å². The van der Waals surface area contributed by atoms with Crippen LogP contribution in [0.4, 0.5) is 0 Å². The van der Waals surface area contributed by atoms with Gasteiger partial charge in [-0.25, -0.2) is 0 Å². The molecule has 2 rings (SSSR count). The molecule has 0 spiro atoms. The van der Waals surface area contributed by atoms with Crippen LogP contribution in [0.3, 0.4) is 0 Å². The Morgan fingerprint density at radius 3 is 2.68 bits per heavy atom. The van der Waals surface area contributed by atoms with Gasteiger partial charge in [-0.2, -0.15) is 0 Å². The first-order chi connectivity index (χ1) is 9.26. The molecular weight excluding hydrogens is 236 g/mol. The first-order valence-electron chi connectivity index (χ1n) is 8.31. The minimum Gasteiger partial charge on any atom is -0.380 e. The van der Waals surface area contributed by atoms with E-state index in [4.69, 9.17) is 4.74 Å². The largest absolute Gasteiger partial charge is 0.380 e. The van der Waals surface area contributed by atoms with Crippen LogP contribution in [0.15, 0.2) is 0 Å². The Hall–Kier alpha value is -0.120. The zero-order valence-corrected chi connectivity index (χ0v) is 13.0. The highest BCUT2D eigenvalue weighted by atomic mass is 16.5. The van der Waals surface area contributed by atoms with Crippen LogP contribution in [0.5, 0.6) is 0 Å². The summed E-state index contributed by atoms with van der Waals surface area (Å²) >= 11 is 0. The highest BCUT2D eigenvalue weighted by molar-refractivity contribution is 4.95. The molecule has 3 unspecified atom stereocenters. The van der Waals surface area contributed by atoms with Gasteiger partial charge in [0.25, 0.3) is 0 Å². The van der Waals surface area contributed by atoms with Crippen molar-refractivity contribution < 1.29 is 4.74 Å². The number of hydrogen-bond acceptors (Lipinski definition) is 3. The number of hydrogen-bond donors (Lipinski definition) is 1. The zero-order valence-electron chi connectivity index (χ0n) is 13.0. The molecule has 1 saturated carbocycles. The quantitative estimate of drug-likeness (QED) is 0.685. The van der Waals surface area contributed by atoms with Crippen LogP contribution in [-0.2, 0) is 4.74 Å². The van der Waals surface area contributed by atoms with Crippen LogP contribution in [0.1, 0.15) is 46.5 Å². The van der Waals surface area contributed by atoms with E-state index in [0.29, 0.717) is 6.04 Å². The van der Waals surface area contributed by atoms with Crippen molar-refractivity contribution in [2.24, 2.45) is 11.8 Å². The fourth-order valence-corrected chi connectivity index (χ4v) is 3.19. The Morgan fingerprint density at radius 1 is 1.26 bits per heavy atom. The maximum Gasteiger partial charge on any atom is 0.0593 e. The molecule has 0 aromatic carbocycles. The molecule has 3 atom stereocenters. The van der Waals surface area contributed by atoms with Crippen LogP contribution >= 0.6 is 0 Å². The summed E-state index contributed by atoms with van der Waals surface area (Å²) in [5, 5.41) is 3.80. The number of nitrogens with one attached hydrogen (secondary N) is 1. The molecule has 1 saturated heterocycles. The van der Waals surface area contributed by atoms with Crippen molar-refractivity contribution in [1.82, 2.24) is 10.2 Å². The molecule has 1 aliphatic carbocycles. The highest BCUT2D eigenvalue weighted by Crippen LogP contribution is 2.34. The van der Waals surface area contributed by atoms with Gasteiger partial charge in [-0.05, 0) is 31.1 Å². The molecule has 3 heteroatoms. The summed E-state index contributed by atoms with van der Waals surface area (Å²) in [7, 11) is 0. The van der Waals surface area contributed by atoms with Crippen LogP contribution in [0.25, 0.3) is 0 Å². The van der Waals surface area contributed by atoms with Crippen LogP contribution < -0.4 is 5.32 Å². The molecule has 0 aromatic rings. The van der Waals surface area contributed by atoms with Gasteiger partial charge in [0, 0.05) is 38.3 Å². The van der Waals surface area contributed by atoms with Crippen LogP contribution in [0.2, 0.25) is 0 Å². The van der Waals surface area contributed by atoms with Gasteiger partial charge < -0.3 is 10.1 Å². The third-order valence-corrected chi connectivity index (χ3v) is 4.85. The summed E-state index contributed by atoms with van der Waals surface area (Å²) in [4.78, 5) is 2.70. The summed E-state index contributed by atoms with van der Waals surface area (Å²) in [6, 6.07) is 1.44. The van der Waals surface area contributed by atoms with E-state index in [0.717, 1.165) is 44.1 Å². The van der Waals surface area contributed by atoms with Gasteiger partial charge in [0.2, 0.25) is 0 Å². The van der Waals surface area contributed by atoms with Gasteiger partial charge in [0.15, 0.2) is 0 Å². The lowest BCUT2D eigenvalue weighted by atomic mass is 9.93. The Kier molecular flexibility index (Phi) is 6.11. The fourth-order valence-electron chi connectivity index (χ4n) is 3.19. The van der Waals surface area contributed by atoms with Crippen molar-refractivity contribution in [3.05, 3.63) is 0 Å². The van der Waals surface area contributed by atoms with E-state index in [1.54, 1.807) is 0 Å². The summed E-state index contributed by atoms with van der Waals surface area (Å²) < 4.78 is 5.70. The second-order valence-electron chi connectivity index (χ2n) is 6.41. The monoisotopic (exact) mass is 268 g/mol. The van der Waals surface area contributed by atoms with Gasteiger partial charge in [0.05, 0.1) is 6.61 Å². The standard InChI is InChI=1S/C16H32N2O/c1-4-9-19-10-8-18-12-15(14-6-7-14)17-11-16(18)13(3)5-2/h13-17H,4-12H2,1-3H3. The third-order valence-electron chi connectivity index (χ3n) is 4.85. The molecule has 2 fully saturated rings. The number of piperazine rings is 1. The molecule has 0 amide bonds. The van der Waals surface area contributed by atoms with E-state index >= 15 is 0 Å². The maximum atomic E-state index is 5.70. The Balaban J connectivity index is 1.82. The van der Waals surface area contributed by atoms with Gasteiger partial charge in [-0.1, -0.05) is 27.2 Å². The van der Waals surface area contributed by atoms with E-state index < -0.39 is 0 Å². The summed E-state index contributed by atoms with van der Waals surface area (Å²) in [5.41, 5.74) is 0. The summed E-state index contributed by atoms with van der Waals surface area (Å²) in [6.45, 7) is 12.2. The molecular formula is C16H32N2O. The van der Waals surface area contributed by atoms with Gasteiger partial charge in [-0.3, -0.25) is 4.90 Å². The van der Waals surface area contributed by atoms with Crippen molar-refractivity contribution in [1.29, 1.82) is 0 Å². The second-order valence-corrected chi connectivity index (χ2v) is 6.41. The molecule has 0 radical (unpaired) electrons. The number of ether oxygens (including phenoxy) is 1. The average molecular weight is 268 g/mol. The van der Waals surface area contributed by atoms with E-state index in [1.165, 1.54) is 32.4 Å². The van der Waals surface area contributed by atoms with Crippen molar-refractivity contribution in [2.75, 3.05) is 32.8 Å². The Bertz CT molecular complexity index is 255. The first kappa shape index (κ1) is 15.3. The van der Waals surface area contributed by atoms with Crippen molar-refractivity contribution in [3.8, 4) is 0 Å². The molecule has 1 aliphatic heterocycles. The fraction of sp³-hybridized carbons (Fsp3) is 1.00. The molecule has 19 heavy (non-hydrogen) atoms. The predicted octanol–water partition coefficient (Wildman–Crippen LogP) is 2.51. The highest BCUT2D eigenvalue weighted by Gasteiger charge is 2.38. The zero-order chi connectivity index (χ0) is 13.7. The topological polar surface area (TPSA) is 24.5 Å². The van der Waals surface area contributed by atoms with Gasteiger partial charge in [-0.15, -0.1) is 0 Å². The normalized spacial score (nSPS) is 30.5. The molecule has 112 valence electrons. The second kappa shape index (κ2) is 7.61. The van der Waals surface area contributed by atoms with Gasteiger partial charge in [0.1, 0.15) is 0 Å². The molecule has 1 N–H and O–H groups in total. The third kappa shape index (κ3) is 4.44. The molecule has 3 nitrogen and oxygen atoms in total. The van der Waals surface area contributed by atoms with Crippen molar-refractivity contribution >= 4 is 0 Å². The average Bonchev–Trinajstić information content (AvgIpc) is 3.27. The number of nitrogens with zero attached hydrogens (tertiary/aromatic N) is 1. The molecule has 1 heterocycles. The summed E-state index contributed by atoms with van der Waals surface area (Å²) in [6.07, 6.45) is 5.27. The maximum absolute atomic E-state index is 5.70. The Morgan fingerprint density at radius 2 is 2.05 bits per heavy atom. The van der Waals surface area contributed by atoms with E-state index in [1.807, 2.05) is 0 Å². The predicted molar refractivity (Wildman–Crippen MR) is 80.4 cm³/mol. The lowest BCUT2D eigenvalue weighted by Gasteiger charge is -2.43. The van der Waals surface area contributed by atoms with Crippen LogP contribution in [-0.4, -0.2) is 49.8 Å². The Labute approximate surface area is 119 Å². The van der Waals surface area contributed by atoms with Crippen molar-refractivity contribution in [3.63, 3.8) is 0 Å². The van der Waals surface area contributed by atoms with E-state index in [9.17, 15) is 0 Å². The smallest absolute Gasteiger partial charge is 0.0593 e.